The fraction of sp³-hybridized carbons (Fsp3) is 0.304. The summed E-state index contributed by atoms with van der Waals surface area (Å²) in [5.74, 6) is -0.848. The monoisotopic (exact) mass is 491 g/mol. The van der Waals surface area contributed by atoms with Gasteiger partial charge in [-0.15, -0.1) is 12.4 Å². The van der Waals surface area contributed by atoms with Gasteiger partial charge in [0.05, 0.1) is 31.0 Å². The largest absolute Gasteiger partial charge is 0.442 e. The molecule has 1 aromatic carbocycles. The topological polar surface area (TPSA) is 105 Å². The Bertz CT molecular complexity index is 1220. The molecule has 1 fully saturated rings. The van der Waals surface area contributed by atoms with Crippen LogP contribution >= 0.6 is 12.4 Å². The standard InChI is InChI=1S/C22H22FN5O4.CH4.ClH/c1-13(29)24-8-16-11-27-10-15(3-6-21(27)26-16)19-5-4-17(7-20(19)23)28-12-18(32-22(28)31)9-25-14(2)30;;/h3-7,10-11,18H,8-9,12H2,1-2H3,(H,24,29)(H,25,30);1H4;1H/t18-;;/m0../s1. The molecule has 0 bridgehead atoms. The molecule has 3 aromatic rings. The van der Waals surface area contributed by atoms with E-state index in [-0.39, 0.29) is 44.7 Å². The van der Waals surface area contributed by atoms with E-state index in [4.69, 9.17) is 4.74 Å². The Kier molecular flexibility index (Phi) is 8.58. The van der Waals surface area contributed by atoms with E-state index in [9.17, 15) is 18.8 Å². The lowest BCUT2D eigenvalue weighted by Gasteiger charge is -2.14. The van der Waals surface area contributed by atoms with Crippen LogP contribution in [-0.2, 0) is 20.9 Å². The molecule has 0 unspecified atom stereocenters. The van der Waals surface area contributed by atoms with Gasteiger partial charge < -0.3 is 19.8 Å². The van der Waals surface area contributed by atoms with Crippen LogP contribution in [0.25, 0.3) is 16.8 Å². The lowest BCUT2D eigenvalue weighted by atomic mass is 10.1. The number of hydrogen-bond donors (Lipinski definition) is 2. The molecule has 0 saturated carbocycles. The minimum absolute atomic E-state index is 0. The number of fused-ring (bicyclic) bond motifs is 1. The molecule has 9 nitrogen and oxygen atoms in total. The number of rotatable bonds is 6. The third-order valence-corrected chi connectivity index (χ3v) is 5.05. The van der Waals surface area contributed by atoms with Crippen molar-refractivity contribution in [1.82, 2.24) is 20.0 Å². The van der Waals surface area contributed by atoms with Gasteiger partial charge in [0.2, 0.25) is 11.8 Å². The third kappa shape index (κ3) is 5.82. The first kappa shape index (κ1) is 26.6. The van der Waals surface area contributed by atoms with Gasteiger partial charge in [0, 0.05) is 37.4 Å². The molecule has 0 spiro atoms. The van der Waals surface area contributed by atoms with Crippen LogP contribution in [-0.4, -0.2) is 46.5 Å². The van der Waals surface area contributed by atoms with Crippen molar-refractivity contribution in [2.24, 2.45) is 0 Å². The zero-order valence-electron chi connectivity index (χ0n) is 18.0. The van der Waals surface area contributed by atoms with Crippen molar-refractivity contribution in [1.29, 1.82) is 0 Å². The molecule has 4 rings (SSSR count). The van der Waals surface area contributed by atoms with Crippen molar-refractivity contribution in [3.8, 4) is 11.1 Å². The van der Waals surface area contributed by atoms with Crippen LogP contribution in [0.5, 0.6) is 0 Å². The highest BCUT2D eigenvalue weighted by atomic mass is 35.5. The first-order valence-electron chi connectivity index (χ1n) is 10.0. The number of carbonyl (C=O) groups excluding carboxylic acids is 3. The van der Waals surface area contributed by atoms with Crippen LogP contribution in [0.2, 0.25) is 0 Å². The first-order valence-corrected chi connectivity index (χ1v) is 10.0. The summed E-state index contributed by atoms with van der Waals surface area (Å²) in [4.78, 5) is 40.1. The summed E-state index contributed by atoms with van der Waals surface area (Å²) < 4.78 is 22.0. The van der Waals surface area contributed by atoms with E-state index in [0.29, 0.717) is 34.7 Å². The fourth-order valence-corrected chi connectivity index (χ4v) is 3.51. The van der Waals surface area contributed by atoms with E-state index >= 15 is 0 Å². The molecule has 2 aromatic heterocycles. The molecule has 2 N–H and O–H groups in total. The van der Waals surface area contributed by atoms with Gasteiger partial charge >= 0.3 is 6.09 Å². The number of carbonyl (C=O) groups is 3. The highest BCUT2D eigenvalue weighted by Gasteiger charge is 2.32. The minimum Gasteiger partial charge on any atom is -0.442 e. The second kappa shape index (κ2) is 11.0. The molecule has 34 heavy (non-hydrogen) atoms. The smallest absolute Gasteiger partial charge is 0.414 e. The van der Waals surface area contributed by atoms with Crippen molar-refractivity contribution < 1.29 is 23.5 Å². The Labute approximate surface area is 202 Å². The Balaban J connectivity index is 0.00000204. The number of pyridine rings is 1. The molecular formula is C23H27ClFN5O4. The van der Waals surface area contributed by atoms with E-state index in [1.54, 1.807) is 41.1 Å². The summed E-state index contributed by atoms with van der Waals surface area (Å²) in [6.45, 7) is 3.55. The quantitative estimate of drug-likeness (QED) is 0.550. The van der Waals surface area contributed by atoms with Crippen LogP contribution < -0.4 is 15.5 Å². The zero-order valence-corrected chi connectivity index (χ0v) is 18.8. The second-order valence-electron chi connectivity index (χ2n) is 7.54. The number of nitrogens with one attached hydrogen (secondary N) is 2. The van der Waals surface area contributed by atoms with Gasteiger partial charge in [-0.25, -0.2) is 14.2 Å². The van der Waals surface area contributed by atoms with Crippen LogP contribution in [0.1, 0.15) is 27.0 Å². The van der Waals surface area contributed by atoms with E-state index in [1.807, 2.05) is 0 Å². The molecule has 1 atom stereocenters. The molecule has 1 aliphatic heterocycles. The molecule has 182 valence electrons. The SMILES string of the molecule is C.CC(=O)NCc1cn2cc(-c3ccc(N4C[C@H](CNC(C)=O)OC4=O)cc3F)ccc2n1.Cl. The van der Waals surface area contributed by atoms with Gasteiger partial charge in [-0.2, -0.15) is 0 Å². The maximum Gasteiger partial charge on any atom is 0.414 e. The first-order chi connectivity index (χ1) is 15.3. The number of aromatic nitrogens is 2. The van der Waals surface area contributed by atoms with Crippen LogP contribution in [0.4, 0.5) is 14.9 Å². The fourth-order valence-electron chi connectivity index (χ4n) is 3.51. The second-order valence-corrected chi connectivity index (χ2v) is 7.54. The van der Waals surface area contributed by atoms with Gasteiger partial charge in [0.15, 0.2) is 0 Å². The number of benzene rings is 1. The number of anilines is 1. The summed E-state index contributed by atoms with van der Waals surface area (Å²) >= 11 is 0. The lowest BCUT2D eigenvalue weighted by molar-refractivity contribution is -0.120. The number of halogens is 2. The molecule has 11 heteroatoms. The maximum atomic E-state index is 15.0. The predicted molar refractivity (Wildman–Crippen MR) is 128 cm³/mol. The Morgan fingerprint density at radius 2 is 1.88 bits per heavy atom. The van der Waals surface area contributed by atoms with E-state index in [2.05, 4.69) is 15.6 Å². The Morgan fingerprint density at radius 1 is 1.15 bits per heavy atom. The van der Waals surface area contributed by atoms with Gasteiger partial charge in [-0.1, -0.05) is 7.43 Å². The van der Waals surface area contributed by atoms with Gasteiger partial charge in [-0.3, -0.25) is 14.5 Å². The number of imidazole rings is 1. The highest BCUT2D eigenvalue weighted by molar-refractivity contribution is 5.90. The molecule has 0 radical (unpaired) electrons. The predicted octanol–water partition coefficient (Wildman–Crippen LogP) is 3.30. The molecule has 1 saturated heterocycles. The van der Waals surface area contributed by atoms with Gasteiger partial charge in [0.1, 0.15) is 17.6 Å². The minimum atomic E-state index is -0.584. The van der Waals surface area contributed by atoms with Crippen LogP contribution in [0.3, 0.4) is 0 Å². The Morgan fingerprint density at radius 3 is 2.56 bits per heavy atom. The molecule has 0 aliphatic carbocycles. The summed E-state index contributed by atoms with van der Waals surface area (Å²) in [7, 11) is 0. The third-order valence-electron chi connectivity index (χ3n) is 5.05. The van der Waals surface area contributed by atoms with Crippen molar-refractivity contribution >= 4 is 41.6 Å². The van der Waals surface area contributed by atoms with Crippen molar-refractivity contribution in [2.75, 3.05) is 18.0 Å². The van der Waals surface area contributed by atoms with Crippen LogP contribution in [0.15, 0.2) is 42.7 Å². The number of amides is 3. The number of cyclic esters (lactones) is 1. The van der Waals surface area contributed by atoms with E-state index in [0.717, 1.165) is 0 Å². The number of hydrogen-bond acceptors (Lipinski definition) is 5. The number of ether oxygens (including phenoxy) is 1. The van der Waals surface area contributed by atoms with Crippen molar-refractivity contribution in [3.63, 3.8) is 0 Å². The summed E-state index contributed by atoms with van der Waals surface area (Å²) in [6, 6.07) is 8.08. The molecule has 3 heterocycles. The highest BCUT2D eigenvalue weighted by Crippen LogP contribution is 2.29. The average Bonchev–Trinajstić information content (AvgIpc) is 3.32. The lowest BCUT2D eigenvalue weighted by Crippen LogP contribution is -2.33. The van der Waals surface area contributed by atoms with Crippen LogP contribution in [0, 0.1) is 5.82 Å². The normalized spacial score (nSPS) is 14.7. The zero-order chi connectivity index (χ0) is 22.8. The summed E-state index contributed by atoms with van der Waals surface area (Å²) in [5.41, 5.74) is 2.75. The van der Waals surface area contributed by atoms with Crippen molar-refractivity contribution in [3.05, 3.63) is 54.2 Å². The van der Waals surface area contributed by atoms with Gasteiger partial charge in [-0.05, 0) is 30.3 Å². The van der Waals surface area contributed by atoms with E-state index in [1.165, 1.54) is 24.8 Å². The van der Waals surface area contributed by atoms with Crippen molar-refractivity contribution in [2.45, 2.75) is 33.9 Å². The molecule has 3 amide bonds. The Hall–Kier alpha value is -3.66. The average molecular weight is 492 g/mol. The van der Waals surface area contributed by atoms with E-state index < -0.39 is 18.0 Å². The molecular weight excluding hydrogens is 465 g/mol. The van der Waals surface area contributed by atoms with Gasteiger partial charge in [0.25, 0.3) is 0 Å². The maximum absolute atomic E-state index is 15.0. The molecule has 1 aliphatic rings. The summed E-state index contributed by atoms with van der Waals surface area (Å²) in [6.07, 6.45) is 2.45. The number of nitrogens with zero attached hydrogens (tertiary/aromatic N) is 3. The summed E-state index contributed by atoms with van der Waals surface area (Å²) in [5, 5.41) is 5.30.